The minimum atomic E-state index is 0. The van der Waals surface area contributed by atoms with Crippen LogP contribution >= 0.6 is 24.8 Å². The average molecular weight is 227 g/mol. The molecule has 0 radical (unpaired) electrons. The molecule has 2 fully saturated rings. The van der Waals surface area contributed by atoms with E-state index in [0.29, 0.717) is 0 Å². The van der Waals surface area contributed by atoms with Crippen LogP contribution in [0.4, 0.5) is 0 Å². The maximum absolute atomic E-state index is 3.46. The lowest BCUT2D eigenvalue weighted by Gasteiger charge is -2.31. The van der Waals surface area contributed by atoms with Crippen molar-refractivity contribution in [2.24, 2.45) is 0 Å². The molecule has 0 bridgehead atoms. The molecule has 0 aromatic rings. The zero-order valence-electron chi connectivity index (χ0n) is 8.16. The normalized spacial score (nSPS) is 27.7. The third-order valence-corrected chi connectivity index (χ3v) is 2.97. The molecule has 1 heterocycles. The number of halogens is 2. The van der Waals surface area contributed by atoms with E-state index in [-0.39, 0.29) is 24.8 Å². The first-order chi connectivity index (χ1) is 5.38. The van der Waals surface area contributed by atoms with Crippen LogP contribution in [0.3, 0.4) is 0 Å². The van der Waals surface area contributed by atoms with Crippen LogP contribution in [-0.2, 0) is 0 Å². The Morgan fingerprint density at radius 2 is 1.77 bits per heavy atom. The van der Waals surface area contributed by atoms with Gasteiger partial charge in [-0.05, 0) is 39.3 Å². The van der Waals surface area contributed by atoms with Crippen LogP contribution in [0, 0.1) is 0 Å². The first kappa shape index (κ1) is 13.5. The second-order valence-corrected chi connectivity index (χ2v) is 3.90. The fourth-order valence-corrected chi connectivity index (χ4v) is 1.96. The summed E-state index contributed by atoms with van der Waals surface area (Å²) >= 11 is 0. The lowest BCUT2D eigenvalue weighted by atomic mass is 10.1. The van der Waals surface area contributed by atoms with Gasteiger partial charge in [0.2, 0.25) is 0 Å². The summed E-state index contributed by atoms with van der Waals surface area (Å²) in [4.78, 5) is 2.58. The zero-order valence-corrected chi connectivity index (χ0v) is 9.79. The highest BCUT2D eigenvalue weighted by Crippen LogP contribution is 2.28. The van der Waals surface area contributed by atoms with Crippen molar-refractivity contribution in [2.75, 3.05) is 20.1 Å². The van der Waals surface area contributed by atoms with Crippen LogP contribution in [0.25, 0.3) is 0 Å². The molecule has 1 atom stereocenters. The summed E-state index contributed by atoms with van der Waals surface area (Å²) in [7, 11) is 2.29. The SMILES string of the molecule is CN(C1CC1)[C@H]1CCCNC1.Cl.Cl. The lowest BCUT2D eigenvalue weighted by Crippen LogP contribution is -2.44. The van der Waals surface area contributed by atoms with Crippen molar-refractivity contribution in [1.29, 1.82) is 0 Å². The molecule has 1 aliphatic carbocycles. The Hall–Kier alpha value is 0.500. The van der Waals surface area contributed by atoms with E-state index >= 15 is 0 Å². The largest absolute Gasteiger partial charge is 0.315 e. The Labute approximate surface area is 93.3 Å². The van der Waals surface area contributed by atoms with Gasteiger partial charge in [0.25, 0.3) is 0 Å². The van der Waals surface area contributed by atoms with Crippen LogP contribution in [0.1, 0.15) is 25.7 Å². The van der Waals surface area contributed by atoms with Crippen LogP contribution in [0.5, 0.6) is 0 Å². The van der Waals surface area contributed by atoms with Gasteiger partial charge in [-0.2, -0.15) is 0 Å². The molecule has 2 aliphatic rings. The maximum atomic E-state index is 3.46. The van der Waals surface area contributed by atoms with Crippen molar-refractivity contribution >= 4 is 24.8 Å². The van der Waals surface area contributed by atoms with Gasteiger partial charge in [-0.25, -0.2) is 0 Å². The van der Waals surface area contributed by atoms with Gasteiger partial charge in [0, 0.05) is 18.6 Å². The second-order valence-electron chi connectivity index (χ2n) is 3.90. The van der Waals surface area contributed by atoms with E-state index in [1.165, 1.54) is 38.8 Å². The number of nitrogens with one attached hydrogen (secondary N) is 1. The number of nitrogens with zero attached hydrogens (tertiary/aromatic N) is 1. The van der Waals surface area contributed by atoms with Crippen LogP contribution < -0.4 is 5.32 Å². The first-order valence-corrected chi connectivity index (χ1v) is 4.80. The molecular formula is C9H20Cl2N2. The molecule has 0 aromatic heterocycles. The summed E-state index contributed by atoms with van der Waals surface area (Å²) in [5, 5.41) is 3.46. The number of piperidine rings is 1. The third kappa shape index (κ3) is 3.62. The number of hydrogen-bond donors (Lipinski definition) is 1. The average Bonchev–Trinajstić information content (AvgIpc) is 2.87. The summed E-state index contributed by atoms with van der Waals surface area (Å²) in [5.74, 6) is 0. The third-order valence-electron chi connectivity index (χ3n) is 2.97. The van der Waals surface area contributed by atoms with E-state index in [0.717, 1.165) is 12.1 Å². The summed E-state index contributed by atoms with van der Waals surface area (Å²) < 4.78 is 0. The highest BCUT2D eigenvalue weighted by molar-refractivity contribution is 5.85. The van der Waals surface area contributed by atoms with E-state index in [9.17, 15) is 0 Å². The van der Waals surface area contributed by atoms with Gasteiger partial charge in [0.1, 0.15) is 0 Å². The molecular weight excluding hydrogens is 207 g/mol. The van der Waals surface area contributed by atoms with Gasteiger partial charge < -0.3 is 5.32 Å². The highest BCUT2D eigenvalue weighted by atomic mass is 35.5. The van der Waals surface area contributed by atoms with Crippen molar-refractivity contribution in [2.45, 2.75) is 37.8 Å². The Kier molecular flexibility index (Phi) is 6.31. The van der Waals surface area contributed by atoms with Crippen LogP contribution in [0.15, 0.2) is 0 Å². The number of rotatable bonds is 2. The number of hydrogen-bond acceptors (Lipinski definition) is 2. The number of likely N-dealkylation sites (N-methyl/N-ethyl adjacent to an activating group) is 1. The molecule has 1 saturated carbocycles. The molecule has 80 valence electrons. The molecule has 2 rings (SSSR count). The van der Waals surface area contributed by atoms with Crippen molar-refractivity contribution in [3.63, 3.8) is 0 Å². The molecule has 1 N–H and O–H groups in total. The van der Waals surface area contributed by atoms with Gasteiger partial charge in [0.15, 0.2) is 0 Å². The van der Waals surface area contributed by atoms with Crippen molar-refractivity contribution in [3.8, 4) is 0 Å². The van der Waals surface area contributed by atoms with Gasteiger partial charge in [-0.3, -0.25) is 4.90 Å². The molecule has 0 unspecified atom stereocenters. The molecule has 2 nitrogen and oxygen atoms in total. The molecule has 1 aliphatic heterocycles. The summed E-state index contributed by atoms with van der Waals surface area (Å²) in [5.41, 5.74) is 0. The molecule has 13 heavy (non-hydrogen) atoms. The van der Waals surface area contributed by atoms with Crippen LogP contribution in [0.2, 0.25) is 0 Å². The minimum Gasteiger partial charge on any atom is -0.315 e. The predicted molar refractivity (Wildman–Crippen MR) is 61.2 cm³/mol. The van der Waals surface area contributed by atoms with E-state index in [2.05, 4.69) is 17.3 Å². The lowest BCUT2D eigenvalue weighted by molar-refractivity contribution is 0.195. The van der Waals surface area contributed by atoms with E-state index in [4.69, 9.17) is 0 Å². The molecule has 0 amide bonds. The Bertz CT molecular complexity index is 134. The fourth-order valence-electron chi connectivity index (χ4n) is 1.96. The van der Waals surface area contributed by atoms with Gasteiger partial charge in [0.05, 0.1) is 0 Å². The quantitative estimate of drug-likeness (QED) is 0.772. The summed E-state index contributed by atoms with van der Waals surface area (Å²) in [6.45, 7) is 2.45. The smallest absolute Gasteiger partial charge is 0.0220 e. The Morgan fingerprint density at radius 1 is 1.08 bits per heavy atom. The summed E-state index contributed by atoms with van der Waals surface area (Å²) in [6.07, 6.45) is 5.64. The minimum absolute atomic E-state index is 0. The maximum Gasteiger partial charge on any atom is 0.0220 e. The van der Waals surface area contributed by atoms with Crippen molar-refractivity contribution in [3.05, 3.63) is 0 Å². The Morgan fingerprint density at radius 3 is 2.23 bits per heavy atom. The van der Waals surface area contributed by atoms with E-state index < -0.39 is 0 Å². The molecule has 1 saturated heterocycles. The summed E-state index contributed by atoms with van der Waals surface area (Å²) in [6, 6.07) is 1.76. The van der Waals surface area contributed by atoms with Gasteiger partial charge in [-0.15, -0.1) is 24.8 Å². The van der Waals surface area contributed by atoms with Crippen molar-refractivity contribution < 1.29 is 0 Å². The van der Waals surface area contributed by atoms with Gasteiger partial charge in [-0.1, -0.05) is 0 Å². The fraction of sp³-hybridized carbons (Fsp3) is 1.00. The molecule has 0 spiro atoms. The van der Waals surface area contributed by atoms with E-state index in [1.807, 2.05) is 0 Å². The van der Waals surface area contributed by atoms with Gasteiger partial charge >= 0.3 is 0 Å². The highest BCUT2D eigenvalue weighted by Gasteiger charge is 2.31. The van der Waals surface area contributed by atoms with E-state index in [1.54, 1.807) is 0 Å². The Balaban J connectivity index is 0.000000720. The second kappa shape index (κ2) is 6.07. The zero-order chi connectivity index (χ0) is 7.68. The first-order valence-electron chi connectivity index (χ1n) is 4.80. The topological polar surface area (TPSA) is 15.3 Å². The molecule has 4 heteroatoms. The standard InChI is InChI=1S/C9H18N2.2ClH/c1-11(8-4-5-8)9-3-2-6-10-7-9;;/h8-10H,2-7H2,1H3;2*1H/t9-;;/m0../s1. The van der Waals surface area contributed by atoms with Crippen molar-refractivity contribution in [1.82, 2.24) is 10.2 Å². The van der Waals surface area contributed by atoms with Crippen LogP contribution in [-0.4, -0.2) is 37.1 Å². The predicted octanol–water partition coefficient (Wildman–Crippen LogP) is 1.68. The monoisotopic (exact) mass is 226 g/mol. The molecule has 0 aromatic carbocycles.